The standard InChI is InChI=1S/C29H29N3O3/c1-20(2)18-31(28(34)23-16-14-21(3)15-17-23)19-25(33)26-27(22-10-6-4-7-11-22)30-32(29(26)35)24-12-8-5-9-13-24/h4-17,20,30H,18-19H2,1-3H3. The summed E-state index contributed by atoms with van der Waals surface area (Å²) in [5.74, 6) is -0.480. The fourth-order valence-corrected chi connectivity index (χ4v) is 4.06. The third-order valence-corrected chi connectivity index (χ3v) is 5.75. The number of benzene rings is 3. The van der Waals surface area contributed by atoms with E-state index in [0.717, 1.165) is 11.1 Å². The molecule has 3 aromatic carbocycles. The van der Waals surface area contributed by atoms with Gasteiger partial charge in [-0.15, -0.1) is 0 Å². The Morgan fingerprint density at radius 3 is 2.09 bits per heavy atom. The highest BCUT2D eigenvalue weighted by molar-refractivity contribution is 6.05. The van der Waals surface area contributed by atoms with Crippen molar-refractivity contribution >= 4 is 11.7 Å². The number of aryl methyl sites for hydroxylation is 1. The molecule has 0 bridgehead atoms. The summed E-state index contributed by atoms with van der Waals surface area (Å²) in [5.41, 5.74) is 2.97. The minimum absolute atomic E-state index is 0.0468. The summed E-state index contributed by atoms with van der Waals surface area (Å²) >= 11 is 0. The number of aromatic nitrogens is 2. The molecule has 6 nitrogen and oxygen atoms in total. The van der Waals surface area contributed by atoms with E-state index in [1.807, 2.05) is 81.4 Å². The van der Waals surface area contributed by atoms with Crippen molar-refractivity contribution in [3.8, 4) is 16.9 Å². The van der Waals surface area contributed by atoms with E-state index >= 15 is 0 Å². The SMILES string of the molecule is Cc1ccc(C(=O)N(CC(=O)c2c(-c3ccccc3)[nH]n(-c3ccccc3)c2=O)CC(C)C)cc1. The number of amides is 1. The number of carbonyl (C=O) groups excluding carboxylic acids is 2. The second-order valence-corrected chi connectivity index (χ2v) is 9.07. The number of hydrogen-bond acceptors (Lipinski definition) is 3. The molecule has 178 valence electrons. The van der Waals surface area contributed by atoms with E-state index in [-0.39, 0.29) is 23.9 Å². The van der Waals surface area contributed by atoms with E-state index < -0.39 is 11.3 Å². The molecule has 1 aromatic heterocycles. The molecular weight excluding hydrogens is 438 g/mol. The Hall–Kier alpha value is -4.19. The van der Waals surface area contributed by atoms with Gasteiger partial charge in [0, 0.05) is 17.7 Å². The Balaban J connectivity index is 1.75. The van der Waals surface area contributed by atoms with Crippen molar-refractivity contribution in [3.63, 3.8) is 0 Å². The molecule has 0 radical (unpaired) electrons. The summed E-state index contributed by atoms with van der Waals surface area (Å²) in [6, 6.07) is 25.7. The topological polar surface area (TPSA) is 75.2 Å². The fourth-order valence-electron chi connectivity index (χ4n) is 4.06. The van der Waals surface area contributed by atoms with Crippen molar-refractivity contribution in [2.45, 2.75) is 20.8 Å². The predicted octanol–water partition coefficient (Wildman–Crippen LogP) is 5.12. The first-order valence-electron chi connectivity index (χ1n) is 11.7. The van der Waals surface area contributed by atoms with Crippen molar-refractivity contribution in [3.05, 3.63) is 112 Å². The number of aromatic amines is 1. The summed E-state index contributed by atoms with van der Waals surface area (Å²) in [4.78, 5) is 42.0. The maximum absolute atomic E-state index is 13.7. The van der Waals surface area contributed by atoms with Crippen LogP contribution in [0.15, 0.2) is 89.7 Å². The van der Waals surface area contributed by atoms with Crippen molar-refractivity contribution in [1.82, 2.24) is 14.7 Å². The summed E-state index contributed by atoms with van der Waals surface area (Å²) in [6.07, 6.45) is 0. The molecule has 1 amide bonds. The second kappa shape index (κ2) is 10.4. The van der Waals surface area contributed by atoms with Gasteiger partial charge in [-0.3, -0.25) is 19.5 Å². The molecule has 0 saturated carbocycles. The number of carbonyl (C=O) groups is 2. The van der Waals surface area contributed by atoms with Gasteiger partial charge in [-0.25, -0.2) is 4.68 Å². The van der Waals surface area contributed by atoms with Crippen LogP contribution < -0.4 is 5.56 Å². The van der Waals surface area contributed by atoms with Gasteiger partial charge in [-0.1, -0.05) is 80.1 Å². The van der Waals surface area contributed by atoms with Crippen LogP contribution in [0, 0.1) is 12.8 Å². The molecule has 0 atom stereocenters. The summed E-state index contributed by atoms with van der Waals surface area (Å²) in [7, 11) is 0. The van der Waals surface area contributed by atoms with Crippen LogP contribution in [0.25, 0.3) is 16.9 Å². The fraction of sp³-hybridized carbons (Fsp3) is 0.207. The van der Waals surface area contributed by atoms with Gasteiger partial charge in [0.15, 0.2) is 5.78 Å². The first-order chi connectivity index (χ1) is 16.8. The van der Waals surface area contributed by atoms with Crippen LogP contribution in [-0.2, 0) is 0 Å². The molecule has 0 spiro atoms. The molecule has 4 rings (SSSR count). The van der Waals surface area contributed by atoms with Crippen LogP contribution in [0.5, 0.6) is 0 Å². The average molecular weight is 468 g/mol. The zero-order chi connectivity index (χ0) is 24.9. The highest BCUT2D eigenvalue weighted by Gasteiger charge is 2.27. The lowest BCUT2D eigenvalue weighted by atomic mass is 10.0. The number of H-pyrrole nitrogens is 1. The first kappa shape index (κ1) is 24.0. The molecule has 6 heteroatoms. The van der Waals surface area contributed by atoms with E-state index in [1.54, 1.807) is 24.3 Å². The Kier molecular flexibility index (Phi) is 7.11. The van der Waals surface area contributed by atoms with Crippen LogP contribution in [0.3, 0.4) is 0 Å². The van der Waals surface area contributed by atoms with E-state index in [1.165, 1.54) is 9.58 Å². The number of ketones is 1. The number of hydrogen-bond donors (Lipinski definition) is 1. The van der Waals surface area contributed by atoms with Gasteiger partial charge in [0.05, 0.1) is 17.9 Å². The van der Waals surface area contributed by atoms with Crippen LogP contribution in [0.1, 0.15) is 40.1 Å². The largest absolute Gasteiger partial charge is 0.331 e. The minimum atomic E-state index is -0.438. The van der Waals surface area contributed by atoms with Crippen LogP contribution in [-0.4, -0.2) is 39.5 Å². The number of para-hydroxylation sites is 1. The van der Waals surface area contributed by atoms with Gasteiger partial charge < -0.3 is 4.90 Å². The zero-order valence-corrected chi connectivity index (χ0v) is 20.2. The molecule has 1 heterocycles. The molecule has 0 unspecified atom stereocenters. The summed E-state index contributed by atoms with van der Waals surface area (Å²) in [5, 5.41) is 3.12. The van der Waals surface area contributed by atoms with Crippen LogP contribution >= 0.6 is 0 Å². The van der Waals surface area contributed by atoms with Crippen LogP contribution in [0.4, 0.5) is 0 Å². The maximum atomic E-state index is 13.7. The first-order valence-corrected chi connectivity index (χ1v) is 11.7. The normalized spacial score (nSPS) is 11.0. The quantitative estimate of drug-likeness (QED) is 0.366. The highest BCUT2D eigenvalue weighted by atomic mass is 16.2. The smallest absolute Gasteiger partial charge is 0.282 e. The molecule has 35 heavy (non-hydrogen) atoms. The van der Waals surface area contributed by atoms with Gasteiger partial charge in [0.25, 0.3) is 11.5 Å². The Morgan fingerprint density at radius 1 is 0.886 bits per heavy atom. The molecule has 1 N–H and O–H groups in total. The number of rotatable bonds is 8. The molecule has 0 fully saturated rings. The van der Waals surface area contributed by atoms with Crippen molar-refractivity contribution in [1.29, 1.82) is 0 Å². The molecule has 4 aromatic rings. The van der Waals surface area contributed by atoms with Gasteiger partial charge in [0.1, 0.15) is 5.56 Å². The number of nitrogens with zero attached hydrogens (tertiary/aromatic N) is 2. The van der Waals surface area contributed by atoms with E-state index in [9.17, 15) is 14.4 Å². The Labute approximate surface area is 204 Å². The number of nitrogens with one attached hydrogen (secondary N) is 1. The second-order valence-electron chi connectivity index (χ2n) is 9.07. The lowest BCUT2D eigenvalue weighted by Gasteiger charge is -2.24. The molecular formula is C29H29N3O3. The van der Waals surface area contributed by atoms with E-state index in [0.29, 0.717) is 23.5 Å². The van der Waals surface area contributed by atoms with Crippen LogP contribution in [0.2, 0.25) is 0 Å². The third-order valence-electron chi connectivity index (χ3n) is 5.75. The van der Waals surface area contributed by atoms with Gasteiger partial charge >= 0.3 is 0 Å². The Bertz CT molecular complexity index is 1370. The molecule has 0 aliphatic rings. The molecule has 0 aliphatic carbocycles. The monoisotopic (exact) mass is 467 g/mol. The van der Waals surface area contributed by atoms with Gasteiger partial charge in [0.2, 0.25) is 0 Å². The maximum Gasteiger partial charge on any atom is 0.282 e. The minimum Gasteiger partial charge on any atom is -0.331 e. The van der Waals surface area contributed by atoms with Crippen molar-refractivity contribution in [2.75, 3.05) is 13.1 Å². The van der Waals surface area contributed by atoms with Gasteiger partial charge in [-0.05, 0) is 37.1 Å². The summed E-state index contributed by atoms with van der Waals surface area (Å²) in [6.45, 7) is 6.16. The van der Waals surface area contributed by atoms with E-state index in [2.05, 4.69) is 5.10 Å². The molecule has 0 saturated heterocycles. The number of Topliss-reactive ketones (excluding diaryl/α,β-unsaturated/α-hetero) is 1. The van der Waals surface area contributed by atoms with Crippen molar-refractivity contribution < 1.29 is 9.59 Å². The predicted molar refractivity (Wildman–Crippen MR) is 138 cm³/mol. The Morgan fingerprint density at radius 2 is 1.49 bits per heavy atom. The molecule has 0 aliphatic heterocycles. The van der Waals surface area contributed by atoms with Gasteiger partial charge in [-0.2, -0.15) is 0 Å². The summed E-state index contributed by atoms with van der Waals surface area (Å²) < 4.78 is 1.38. The highest BCUT2D eigenvalue weighted by Crippen LogP contribution is 2.22. The third kappa shape index (κ3) is 5.32. The lowest BCUT2D eigenvalue weighted by molar-refractivity contribution is 0.0691. The lowest BCUT2D eigenvalue weighted by Crippen LogP contribution is -2.39. The van der Waals surface area contributed by atoms with Crippen molar-refractivity contribution in [2.24, 2.45) is 5.92 Å². The zero-order valence-electron chi connectivity index (χ0n) is 20.2. The average Bonchev–Trinajstić information content (AvgIpc) is 3.21. The van der Waals surface area contributed by atoms with E-state index in [4.69, 9.17) is 0 Å².